The molecule has 3 aromatic rings. The number of fused-ring (bicyclic) bond motifs is 1. The average molecular weight is 286 g/mol. The molecule has 2 heterocycles. The van der Waals surface area contributed by atoms with Gasteiger partial charge in [-0.2, -0.15) is 0 Å². The largest absolute Gasteiger partial charge is 0.507 e. The lowest BCUT2D eigenvalue weighted by Gasteiger charge is -2.05. The van der Waals surface area contributed by atoms with Crippen LogP contribution < -0.4 is 10.4 Å². The van der Waals surface area contributed by atoms with Gasteiger partial charge in [0.1, 0.15) is 17.1 Å². The molecule has 108 valence electrons. The summed E-state index contributed by atoms with van der Waals surface area (Å²) in [5, 5.41) is 10.8. The Morgan fingerprint density at radius 2 is 1.90 bits per heavy atom. The second-order valence-electron chi connectivity index (χ2n) is 4.80. The Morgan fingerprint density at radius 1 is 1.14 bits per heavy atom. The van der Waals surface area contributed by atoms with Crippen LogP contribution in [0, 0.1) is 13.8 Å². The van der Waals surface area contributed by atoms with Gasteiger partial charge in [0.25, 0.3) is 0 Å². The third-order valence-electron chi connectivity index (χ3n) is 3.52. The van der Waals surface area contributed by atoms with Crippen molar-refractivity contribution in [3.8, 4) is 23.0 Å². The second kappa shape index (κ2) is 4.70. The Bertz CT molecular complexity index is 886. The molecular weight excluding hydrogens is 272 g/mol. The Balaban J connectivity index is 2.29. The van der Waals surface area contributed by atoms with Crippen LogP contribution in [0.25, 0.3) is 22.5 Å². The van der Waals surface area contributed by atoms with E-state index in [-0.39, 0.29) is 17.1 Å². The highest BCUT2D eigenvalue weighted by molar-refractivity contribution is 5.88. The van der Waals surface area contributed by atoms with Crippen LogP contribution in [-0.4, -0.2) is 12.2 Å². The minimum Gasteiger partial charge on any atom is -0.507 e. The maximum absolute atomic E-state index is 11.7. The number of hydrogen-bond acceptors (Lipinski definition) is 5. The maximum atomic E-state index is 11.7. The lowest BCUT2D eigenvalue weighted by molar-refractivity contribution is 0.419. The van der Waals surface area contributed by atoms with Gasteiger partial charge < -0.3 is 18.7 Å². The first-order valence-corrected chi connectivity index (χ1v) is 6.43. The van der Waals surface area contributed by atoms with Crippen LogP contribution in [0.15, 0.2) is 37.9 Å². The Morgan fingerprint density at radius 3 is 2.62 bits per heavy atom. The summed E-state index contributed by atoms with van der Waals surface area (Å²) < 4.78 is 16.2. The van der Waals surface area contributed by atoms with Crippen molar-refractivity contribution in [2.24, 2.45) is 0 Å². The van der Waals surface area contributed by atoms with E-state index < -0.39 is 5.63 Å². The van der Waals surface area contributed by atoms with Crippen molar-refractivity contribution in [2.45, 2.75) is 13.8 Å². The van der Waals surface area contributed by atoms with Crippen LogP contribution >= 0.6 is 0 Å². The van der Waals surface area contributed by atoms with E-state index >= 15 is 0 Å². The van der Waals surface area contributed by atoms with E-state index in [0.29, 0.717) is 22.7 Å². The van der Waals surface area contributed by atoms with E-state index in [1.807, 2.05) is 12.1 Å². The first kappa shape index (κ1) is 13.3. The lowest BCUT2D eigenvalue weighted by Crippen LogP contribution is -2.05. The van der Waals surface area contributed by atoms with E-state index in [4.69, 9.17) is 13.6 Å². The predicted molar refractivity (Wildman–Crippen MR) is 77.9 cm³/mol. The van der Waals surface area contributed by atoms with Gasteiger partial charge in [0.2, 0.25) is 0 Å². The van der Waals surface area contributed by atoms with Crippen molar-refractivity contribution < 1.29 is 18.7 Å². The molecule has 3 rings (SSSR count). The van der Waals surface area contributed by atoms with Gasteiger partial charge in [-0.05, 0) is 32.0 Å². The minimum absolute atomic E-state index is 0.0753. The highest BCUT2D eigenvalue weighted by Gasteiger charge is 2.19. The monoisotopic (exact) mass is 286 g/mol. The standard InChI is InChI=1S/C16H14O5/c1-8-14(17)9(2)16(18)21-15(8)13-7-10-11(19-3)5-4-6-12(10)20-13/h4-7,17H,1-3H3. The number of aromatic hydroxyl groups is 1. The van der Waals surface area contributed by atoms with Gasteiger partial charge in [0, 0.05) is 5.56 Å². The zero-order valence-corrected chi connectivity index (χ0v) is 11.9. The Kier molecular flexibility index (Phi) is 2.97. The maximum Gasteiger partial charge on any atom is 0.343 e. The van der Waals surface area contributed by atoms with Gasteiger partial charge in [0.05, 0.1) is 18.1 Å². The van der Waals surface area contributed by atoms with Crippen molar-refractivity contribution in [2.75, 3.05) is 7.11 Å². The van der Waals surface area contributed by atoms with Crippen LogP contribution in [0.1, 0.15) is 11.1 Å². The number of furan rings is 1. The van der Waals surface area contributed by atoms with Crippen molar-refractivity contribution in [1.82, 2.24) is 0 Å². The molecule has 0 aliphatic rings. The first-order chi connectivity index (χ1) is 10.0. The van der Waals surface area contributed by atoms with Gasteiger partial charge >= 0.3 is 5.63 Å². The molecule has 5 heteroatoms. The summed E-state index contributed by atoms with van der Waals surface area (Å²) in [6.45, 7) is 3.19. The second-order valence-corrected chi connectivity index (χ2v) is 4.80. The molecule has 0 spiro atoms. The summed E-state index contributed by atoms with van der Waals surface area (Å²) in [4.78, 5) is 11.7. The van der Waals surface area contributed by atoms with Crippen molar-refractivity contribution in [1.29, 1.82) is 0 Å². The molecule has 0 saturated carbocycles. The van der Waals surface area contributed by atoms with Crippen LogP contribution in [0.5, 0.6) is 11.5 Å². The minimum atomic E-state index is -0.583. The molecule has 2 aromatic heterocycles. The third-order valence-corrected chi connectivity index (χ3v) is 3.52. The van der Waals surface area contributed by atoms with E-state index in [2.05, 4.69) is 0 Å². The highest BCUT2D eigenvalue weighted by Crippen LogP contribution is 2.36. The molecule has 21 heavy (non-hydrogen) atoms. The molecular formula is C16H14O5. The molecule has 0 fully saturated rings. The van der Waals surface area contributed by atoms with Gasteiger partial charge in [-0.1, -0.05) is 6.07 Å². The SMILES string of the molecule is COc1cccc2oc(-c3oc(=O)c(C)c(O)c3C)cc12. The molecule has 0 saturated heterocycles. The number of rotatable bonds is 2. The van der Waals surface area contributed by atoms with Gasteiger partial charge in [-0.3, -0.25) is 0 Å². The fourth-order valence-corrected chi connectivity index (χ4v) is 2.29. The zero-order valence-electron chi connectivity index (χ0n) is 11.9. The van der Waals surface area contributed by atoms with Crippen LogP contribution in [0.2, 0.25) is 0 Å². The molecule has 0 aliphatic carbocycles. The number of hydrogen-bond donors (Lipinski definition) is 1. The first-order valence-electron chi connectivity index (χ1n) is 6.43. The topological polar surface area (TPSA) is 72.8 Å². The van der Waals surface area contributed by atoms with Crippen LogP contribution in [-0.2, 0) is 0 Å². The van der Waals surface area contributed by atoms with E-state index in [9.17, 15) is 9.90 Å². The summed E-state index contributed by atoms with van der Waals surface area (Å²) in [5.74, 6) is 1.19. The van der Waals surface area contributed by atoms with E-state index in [1.54, 1.807) is 26.2 Å². The Labute approximate surface area is 120 Å². The summed E-state index contributed by atoms with van der Waals surface area (Å²) in [7, 11) is 1.57. The lowest BCUT2D eigenvalue weighted by atomic mass is 10.1. The summed E-state index contributed by atoms with van der Waals surface area (Å²) in [5.41, 5.74) is 0.682. The fraction of sp³-hybridized carbons (Fsp3) is 0.188. The number of methoxy groups -OCH3 is 1. The number of ether oxygens (including phenoxy) is 1. The molecule has 0 bridgehead atoms. The van der Waals surface area contributed by atoms with Crippen molar-refractivity contribution in [3.63, 3.8) is 0 Å². The molecule has 1 aromatic carbocycles. The smallest absolute Gasteiger partial charge is 0.343 e. The summed E-state index contributed by atoms with van der Waals surface area (Å²) in [6, 6.07) is 7.15. The van der Waals surface area contributed by atoms with Crippen molar-refractivity contribution in [3.05, 3.63) is 45.8 Å². The molecule has 0 radical (unpaired) electrons. The van der Waals surface area contributed by atoms with E-state index in [0.717, 1.165) is 5.39 Å². The molecule has 0 unspecified atom stereocenters. The van der Waals surface area contributed by atoms with Gasteiger partial charge in [-0.25, -0.2) is 4.79 Å². The highest BCUT2D eigenvalue weighted by atomic mass is 16.5. The van der Waals surface area contributed by atoms with Crippen LogP contribution in [0.4, 0.5) is 0 Å². The molecule has 5 nitrogen and oxygen atoms in total. The van der Waals surface area contributed by atoms with Crippen LogP contribution in [0.3, 0.4) is 0 Å². The Hall–Kier alpha value is -2.69. The van der Waals surface area contributed by atoms with Gasteiger partial charge in [0.15, 0.2) is 11.5 Å². The van der Waals surface area contributed by atoms with Crippen molar-refractivity contribution >= 4 is 11.0 Å². The number of benzene rings is 1. The molecule has 0 amide bonds. The normalized spacial score (nSPS) is 11.0. The van der Waals surface area contributed by atoms with E-state index in [1.165, 1.54) is 6.92 Å². The predicted octanol–water partition coefficient (Wildman–Crippen LogP) is 3.38. The fourth-order valence-electron chi connectivity index (χ4n) is 2.29. The summed E-state index contributed by atoms with van der Waals surface area (Å²) >= 11 is 0. The average Bonchev–Trinajstić information content (AvgIpc) is 2.92. The molecule has 0 aliphatic heterocycles. The van der Waals surface area contributed by atoms with Gasteiger partial charge in [-0.15, -0.1) is 0 Å². The molecule has 1 N–H and O–H groups in total. The quantitative estimate of drug-likeness (QED) is 0.781. The zero-order chi connectivity index (χ0) is 15.1. The molecule has 0 atom stereocenters. The summed E-state index contributed by atoms with van der Waals surface area (Å²) in [6.07, 6.45) is 0. The third kappa shape index (κ3) is 1.98.